The monoisotopic (exact) mass is 224 g/mol. The zero-order valence-electron chi connectivity index (χ0n) is 9.51. The third kappa shape index (κ3) is 1.52. The molecule has 1 fully saturated rings. The van der Waals surface area contributed by atoms with E-state index in [1.54, 1.807) is 0 Å². The highest BCUT2D eigenvalue weighted by molar-refractivity contribution is 5.82. The first-order chi connectivity index (χ1) is 7.70. The smallest absolute Gasteiger partial charge is 0.309 e. The maximum absolute atomic E-state index is 11.6. The SMILES string of the molecule is COC(=O)C1C2CC=CCC1C2C(=O)OC. The minimum absolute atomic E-state index is 0.0589. The van der Waals surface area contributed by atoms with Crippen molar-refractivity contribution in [1.29, 1.82) is 0 Å². The van der Waals surface area contributed by atoms with Crippen LogP contribution in [0.25, 0.3) is 0 Å². The second-order valence-corrected chi connectivity index (χ2v) is 4.37. The van der Waals surface area contributed by atoms with E-state index in [2.05, 4.69) is 0 Å². The Balaban J connectivity index is 2.17. The summed E-state index contributed by atoms with van der Waals surface area (Å²) in [5, 5.41) is 0. The van der Waals surface area contributed by atoms with Crippen molar-refractivity contribution < 1.29 is 19.1 Å². The minimum atomic E-state index is -0.196. The Kier molecular flexibility index (Phi) is 2.99. The van der Waals surface area contributed by atoms with Crippen molar-refractivity contribution >= 4 is 11.9 Å². The highest BCUT2D eigenvalue weighted by Crippen LogP contribution is 2.52. The van der Waals surface area contributed by atoms with E-state index >= 15 is 0 Å². The molecule has 0 atom stereocenters. The highest BCUT2D eigenvalue weighted by Gasteiger charge is 2.57. The van der Waals surface area contributed by atoms with Crippen LogP contribution in [-0.2, 0) is 19.1 Å². The molecule has 0 aromatic heterocycles. The van der Waals surface area contributed by atoms with Crippen LogP contribution in [0, 0.1) is 23.7 Å². The van der Waals surface area contributed by atoms with Gasteiger partial charge in [-0.1, -0.05) is 12.2 Å². The third-order valence-electron chi connectivity index (χ3n) is 3.77. The summed E-state index contributed by atoms with van der Waals surface area (Å²) in [6.07, 6.45) is 5.61. The minimum Gasteiger partial charge on any atom is -0.469 e. The van der Waals surface area contributed by atoms with E-state index in [-0.39, 0.29) is 35.6 Å². The van der Waals surface area contributed by atoms with Crippen LogP contribution in [0.1, 0.15) is 12.8 Å². The summed E-state index contributed by atoms with van der Waals surface area (Å²) in [7, 11) is 2.79. The molecule has 0 aromatic carbocycles. The molecule has 3 rings (SSSR count). The number of hydrogen-bond donors (Lipinski definition) is 0. The first-order valence-corrected chi connectivity index (χ1v) is 5.51. The second-order valence-electron chi connectivity index (χ2n) is 4.37. The van der Waals surface area contributed by atoms with Crippen molar-refractivity contribution in [2.24, 2.45) is 23.7 Å². The van der Waals surface area contributed by atoms with Crippen LogP contribution in [-0.4, -0.2) is 26.2 Å². The van der Waals surface area contributed by atoms with Crippen molar-refractivity contribution in [3.05, 3.63) is 12.2 Å². The average molecular weight is 224 g/mol. The van der Waals surface area contributed by atoms with E-state index in [9.17, 15) is 9.59 Å². The van der Waals surface area contributed by atoms with Gasteiger partial charge in [0.05, 0.1) is 26.1 Å². The van der Waals surface area contributed by atoms with Gasteiger partial charge in [-0.25, -0.2) is 0 Å². The molecule has 88 valence electrons. The van der Waals surface area contributed by atoms with Gasteiger partial charge >= 0.3 is 11.9 Å². The van der Waals surface area contributed by atoms with Gasteiger partial charge in [0.1, 0.15) is 0 Å². The van der Waals surface area contributed by atoms with Crippen LogP contribution >= 0.6 is 0 Å². The van der Waals surface area contributed by atoms with Crippen LogP contribution in [0.5, 0.6) is 0 Å². The van der Waals surface area contributed by atoms with E-state index in [1.165, 1.54) is 14.2 Å². The van der Waals surface area contributed by atoms with Crippen molar-refractivity contribution in [2.75, 3.05) is 14.2 Å². The predicted octanol–water partition coefficient (Wildman–Crippen LogP) is 1.16. The zero-order valence-corrected chi connectivity index (χ0v) is 9.51. The molecular weight excluding hydrogens is 208 g/mol. The molecule has 0 aliphatic heterocycles. The summed E-state index contributed by atoms with van der Waals surface area (Å²) < 4.78 is 9.58. The molecule has 3 aliphatic rings. The summed E-state index contributed by atoms with van der Waals surface area (Å²) in [6, 6.07) is 0. The molecule has 0 amide bonds. The Morgan fingerprint density at radius 2 is 1.31 bits per heavy atom. The van der Waals surface area contributed by atoms with Crippen molar-refractivity contribution in [3.63, 3.8) is 0 Å². The first-order valence-electron chi connectivity index (χ1n) is 5.51. The van der Waals surface area contributed by atoms with E-state index in [0.29, 0.717) is 0 Å². The first kappa shape index (κ1) is 11.2. The highest BCUT2D eigenvalue weighted by atomic mass is 16.5. The topological polar surface area (TPSA) is 52.6 Å². The van der Waals surface area contributed by atoms with Gasteiger partial charge in [0.2, 0.25) is 0 Å². The molecule has 2 bridgehead atoms. The lowest BCUT2D eigenvalue weighted by Crippen LogP contribution is -2.53. The summed E-state index contributed by atoms with van der Waals surface area (Å²) in [5.41, 5.74) is 0. The van der Waals surface area contributed by atoms with E-state index in [4.69, 9.17) is 9.47 Å². The molecular formula is C12H16O4. The fourth-order valence-corrected chi connectivity index (χ4v) is 3.00. The van der Waals surface area contributed by atoms with Crippen LogP contribution in [0.15, 0.2) is 12.2 Å². The fourth-order valence-electron chi connectivity index (χ4n) is 3.00. The van der Waals surface area contributed by atoms with Gasteiger partial charge in [0.15, 0.2) is 0 Å². The largest absolute Gasteiger partial charge is 0.469 e. The average Bonchev–Trinajstić information content (AvgIpc) is 2.62. The predicted molar refractivity (Wildman–Crippen MR) is 56.4 cm³/mol. The summed E-state index contributed by atoms with van der Waals surface area (Å²) in [5.74, 6) is -0.543. The molecule has 4 nitrogen and oxygen atoms in total. The fraction of sp³-hybridized carbons (Fsp3) is 0.667. The van der Waals surface area contributed by atoms with Crippen LogP contribution in [0.2, 0.25) is 0 Å². The van der Waals surface area contributed by atoms with Crippen molar-refractivity contribution in [2.45, 2.75) is 12.8 Å². The lowest BCUT2D eigenvalue weighted by atomic mass is 9.55. The Hall–Kier alpha value is -1.32. The summed E-state index contributed by atoms with van der Waals surface area (Å²) in [6.45, 7) is 0. The number of esters is 2. The molecule has 0 spiro atoms. The quantitative estimate of drug-likeness (QED) is 0.521. The Morgan fingerprint density at radius 3 is 1.62 bits per heavy atom. The number of hydrogen-bond acceptors (Lipinski definition) is 4. The molecule has 16 heavy (non-hydrogen) atoms. The number of methoxy groups -OCH3 is 2. The number of fused-ring (bicyclic) bond motifs is 2. The number of allylic oxidation sites excluding steroid dienone is 2. The number of carbonyl (C=O) groups excluding carboxylic acids is 2. The zero-order chi connectivity index (χ0) is 11.7. The van der Waals surface area contributed by atoms with Gasteiger partial charge in [-0.05, 0) is 24.7 Å². The molecule has 0 aromatic rings. The van der Waals surface area contributed by atoms with E-state index in [1.807, 2.05) is 12.2 Å². The summed E-state index contributed by atoms with van der Waals surface area (Å²) in [4.78, 5) is 23.2. The van der Waals surface area contributed by atoms with Gasteiger partial charge < -0.3 is 9.47 Å². The maximum atomic E-state index is 11.6. The van der Waals surface area contributed by atoms with Crippen LogP contribution in [0.4, 0.5) is 0 Å². The molecule has 0 saturated heterocycles. The molecule has 4 heteroatoms. The van der Waals surface area contributed by atoms with Gasteiger partial charge in [0, 0.05) is 0 Å². The number of rotatable bonds is 2. The third-order valence-corrected chi connectivity index (χ3v) is 3.77. The van der Waals surface area contributed by atoms with Crippen LogP contribution in [0.3, 0.4) is 0 Å². The lowest BCUT2D eigenvalue weighted by Gasteiger charge is -2.47. The normalized spacial score (nSPS) is 35.9. The molecule has 0 N–H and O–H groups in total. The maximum Gasteiger partial charge on any atom is 0.309 e. The molecule has 3 aliphatic carbocycles. The van der Waals surface area contributed by atoms with Gasteiger partial charge in [-0.2, -0.15) is 0 Å². The number of carbonyl (C=O) groups is 2. The van der Waals surface area contributed by atoms with E-state index in [0.717, 1.165) is 12.8 Å². The second kappa shape index (κ2) is 4.28. The Labute approximate surface area is 94.6 Å². The van der Waals surface area contributed by atoms with Crippen molar-refractivity contribution in [1.82, 2.24) is 0 Å². The Morgan fingerprint density at radius 1 is 0.938 bits per heavy atom. The van der Waals surface area contributed by atoms with Gasteiger partial charge in [-0.15, -0.1) is 0 Å². The molecule has 1 saturated carbocycles. The van der Waals surface area contributed by atoms with Crippen LogP contribution < -0.4 is 0 Å². The van der Waals surface area contributed by atoms with Gasteiger partial charge in [-0.3, -0.25) is 9.59 Å². The number of ether oxygens (including phenoxy) is 2. The molecule has 0 heterocycles. The van der Waals surface area contributed by atoms with E-state index < -0.39 is 0 Å². The molecule has 0 unspecified atom stereocenters. The molecule has 0 radical (unpaired) electrons. The summed E-state index contributed by atoms with van der Waals surface area (Å²) >= 11 is 0. The van der Waals surface area contributed by atoms with Gasteiger partial charge in [0.25, 0.3) is 0 Å². The van der Waals surface area contributed by atoms with Crippen molar-refractivity contribution in [3.8, 4) is 0 Å². The standard InChI is InChI=1S/C12H16O4/c1-15-11(13)9-7-5-3-4-6-8(9)10(7)12(14)16-2/h3-4,7-10H,5-6H2,1-2H3. The lowest BCUT2D eigenvalue weighted by molar-refractivity contribution is -0.175. The Bertz CT molecular complexity index is 294.